The summed E-state index contributed by atoms with van der Waals surface area (Å²) in [5, 5.41) is 129. The standard InChI is InChI=1S/C48H78O19/c1-20-10-13-48(43(61)67-42-38(35(58)32(55)26(18-50)64-42)65-40-36(59)33(56)30(53)22(3)62-40)15-14-46(6)23(29(48)21(20)2)8-9-28-44(4)16-24(52)39(45(5,19-51)27(44)11-12-47(28,46)7)66-41-37(60)34(57)31(54)25(17-49)63-41/h8,20-22,24-42,49-60H,9-19H2,1-7H3. The summed E-state index contributed by atoms with van der Waals surface area (Å²) in [5.74, 6) is -0.784. The molecule has 384 valence electrons. The lowest BCUT2D eigenvalue weighted by atomic mass is 9.33. The number of rotatable bonds is 9. The topological polar surface area (TPSA) is 315 Å². The smallest absolute Gasteiger partial charge is 0.315 e. The van der Waals surface area contributed by atoms with E-state index in [4.69, 9.17) is 28.4 Å². The third kappa shape index (κ3) is 7.83. The minimum Gasteiger partial charge on any atom is -0.432 e. The molecule has 0 bridgehead atoms. The fourth-order valence-corrected chi connectivity index (χ4v) is 15.3. The highest BCUT2D eigenvalue weighted by molar-refractivity contribution is 5.79. The van der Waals surface area contributed by atoms with Crippen LogP contribution in [0.2, 0.25) is 0 Å². The van der Waals surface area contributed by atoms with Crippen molar-refractivity contribution in [2.75, 3.05) is 19.8 Å². The van der Waals surface area contributed by atoms with Crippen LogP contribution in [0.15, 0.2) is 11.6 Å². The number of hydrogen-bond acceptors (Lipinski definition) is 19. The SMILES string of the molecule is CC1CCC2(C(=O)OC3OC(CO)C(O)C(O)C3OC3OC(C)C(O)C(O)C3O)CCC3(C)C(=CCC4C5(C)CC(O)C(OC6OC(CO)C(O)C(O)C6O)C(C)(CO)C5CCC43C)C2C1C. The molecule has 19 heteroatoms. The molecular weight excluding hydrogens is 881 g/mol. The molecule has 0 aromatic heterocycles. The third-order valence-corrected chi connectivity index (χ3v) is 19.7. The van der Waals surface area contributed by atoms with Crippen LogP contribution in [0.4, 0.5) is 0 Å². The Labute approximate surface area is 392 Å². The largest absolute Gasteiger partial charge is 0.432 e. The van der Waals surface area contributed by atoms with Crippen molar-refractivity contribution in [2.45, 2.75) is 204 Å². The first-order chi connectivity index (χ1) is 31.4. The molecular formula is C48H78O19. The van der Waals surface area contributed by atoms with Crippen molar-refractivity contribution in [2.24, 2.45) is 56.7 Å². The van der Waals surface area contributed by atoms with Gasteiger partial charge in [0.2, 0.25) is 6.29 Å². The Balaban J connectivity index is 1.09. The van der Waals surface area contributed by atoms with Gasteiger partial charge < -0.3 is 89.7 Å². The van der Waals surface area contributed by atoms with Crippen LogP contribution in [0.25, 0.3) is 0 Å². The van der Waals surface area contributed by atoms with Crippen molar-refractivity contribution in [1.29, 1.82) is 0 Å². The van der Waals surface area contributed by atoms with Gasteiger partial charge >= 0.3 is 5.97 Å². The van der Waals surface area contributed by atoms with Crippen LogP contribution in [0.3, 0.4) is 0 Å². The van der Waals surface area contributed by atoms with Gasteiger partial charge in [-0.1, -0.05) is 53.2 Å². The molecule has 8 aliphatic rings. The maximum atomic E-state index is 15.2. The normalized spacial score (nSPS) is 56.7. The highest BCUT2D eigenvalue weighted by Gasteiger charge is 2.72. The second-order valence-electron chi connectivity index (χ2n) is 22.9. The third-order valence-electron chi connectivity index (χ3n) is 19.7. The zero-order valence-corrected chi connectivity index (χ0v) is 39.8. The molecule has 0 spiro atoms. The van der Waals surface area contributed by atoms with Crippen LogP contribution in [-0.4, -0.2) is 191 Å². The maximum absolute atomic E-state index is 15.2. The first-order valence-electron chi connectivity index (χ1n) is 24.5. The Morgan fingerprint density at radius 1 is 0.672 bits per heavy atom. The lowest BCUT2D eigenvalue weighted by Gasteiger charge is -2.72. The summed E-state index contributed by atoms with van der Waals surface area (Å²) in [6, 6.07) is 0. The van der Waals surface area contributed by atoms with Gasteiger partial charge in [-0.3, -0.25) is 4.79 Å². The highest BCUT2D eigenvalue weighted by atomic mass is 16.8. The number of carbonyl (C=O) groups is 1. The molecule has 3 saturated heterocycles. The summed E-state index contributed by atoms with van der Waals surface area (Å²) in [6.45, 7) is 12.8. The van der Waals surface area contributed by atoms with Gasteiger partial charge in [0, 0.05) is 5.41 Å². The van der Waals surface area contributed by atoms with Crippen LogP contribution >= 0.6 is 0 Å². The Morgan fingerprint density at radius 2 is 1.27 bits per heavy atom. The molecule has 3 aliphatic heterocycles. The molecule has 3 heterocycles. The number of aliphatic hydroxyl groups is 12. The Hall–Kier alpha value is -1.47. The highest BCUT2D eigenvalue weighted by Crippen LogP contribution is 2.76. The molecule has 27 atom stereocenters. The van der Waals surface area contributed by atoms with Crippen LogP contribution in [0, 0.1) is 56.7 Å². The number of hydrogen-bond donors (Lipinski definition) is 12. The molecule has 67 heavy (non-hydrogen) atoms. The molecule has 0 aromatic carbocycles. The zero-order valence-electron chi connectivity index (χ0n) is 39.8. The van der Waals surface area contributed by atoms with E-state index in [9.17, 15) is 61.3 Å². The fraction of sp³-hybridized carbons (Fsp3) is 0.938. The van der Waals surface area contributed by atoms with Gasteiger partial charge in [0.15, 0.2) is 18.7 Å². The van der Waals surface area contributed by atoms with Gasteiger partial charge in [0.1, 0.15) is 61.0 Å². The lowest BCUT2D eigenvalue weighted by Crippen LogP contribution is -2.69. The summed E-state index contributed by atoms with van der Waals surface area (Å²) in [7, 11) is 0. The molecule has 4 saturated carbocycles. The molecule has 12 N–H and O–H groups in total. The first kappa shape index (κ1) is 51.9. The van der Waals surface area contributed by atoms with Gasteiger partial charge in [0.05, 0.1) is 43.5 Å². The number of allylic oxidation sites excluding steroid dienone is 2. The van der Waals surface area contributed by atoms with E-state index in [1.165, 1.54) is 12.5 Å². The molecule has 27 unspecified atom stereocenters. The van der Waals surface area contributed by atoms with Gasteiger partial charge in [-0.25, -0.2) is 0 Å². The van der Waals surface area contributed by atoms with Crippen molar-refractivity contribution in [3.8, 4) is 0 Å². The second kappa shape index (κ2) is 18.5. The maximum Gasteiger partial charge on any atom is 0.315 e. The quantitative estimate of drug-likeness (QED) is 0.0747. The average Bonchev–Trinajstić information content (AvgIpc) is 3.29. The number of ether oxygens (including phenoxy) is 6. The summed E-state index contributed by atoms with van der Waals surface area (Å²) >= 11 is 0. The lowest BCUT2D eigenvalue weighted by molar-refractivity contribution is -0.361. The number of carbonyl (C=O) groups excluding carboxylic acids is 1. The van der Waals surface area contributed by atoms with E-state index in [-0.39, 0.29) is 41.6 Å². The van der Waals surface area contributed by atoms with E-state index in [1.54, 1.807) is 0 Å². The monoisotopic (exact) mass is 959 g/mol. The first-order valence-corrected chi connectivity index (χ1v) is 24.5. The molecule has 19 nitrogen and oxygen atoms in total. The average molecular weight is 959 g/mol. The molecule has 5 aliphatic carbocycles. The van der Waals surface area contributed by atoms with Crippen LogP contribution < -0.4 is 0 Å². The zero-order chi connectivity index (χ0) is 49.1. The fourth-order valence-electron chi connectivity index (χ4n) is 15.3. The predicted octanol–water partition coefficient (Wildman–Crippen LogP) is -1.03. The summed E-state index contributed by atoms with van der Waals surface area (Å²) in [6.07, 6.45) is -18.6. The van der Waals surface area contributed by atoms with E-state index in [0.29, 0.717) is 38.5 Å². The van der Waals surface area contributed by atoms with Crippen molar-refractivity contribution in [3.05, 3.63) is 11.6 Å². The van der Waals surface area contributed by atoms with Gasteiger partial charge in [-0.05, 0) is 104 Å². The van der Waals surface area contributed by atoms with Crippen molar-refractivity contribution in [3.63, 3.8) is 0 Å². The molecule has 0 radical (unpaired) electrons. The summed E-state index contributed by atoms with van der Waals surface area (Å²) in [5.41, 5.74) is -2.24. The van der Waals surface area contributed by atoms with E-state index in [0.717, 1.165) is 12.8 Å². The number of aliphatic hydroxyl groups excluding tert-OH is 12. The molecule has 0 amide bonds. The van der Waals surface area contributed by atoms with Crippen molar-refractivity contribution >= 4 is 5.97 Å². The number of fused-ring (bicyclic) bond motifs is 7. The van der Waals surface area contributed by atoms with E-state index in [2.05, 4.69) is 40.7 Å². The van der Waals surface area contributed by atoms with Crippen molar-refractivity contribution < 1.29 is 94.5 Å². The van der Waals surface area contributed by atoms with E-state index in [1.807, 2.05) is 6.92 Å². The minimum atomic E-state index is -1.79. The van der Waals surface area contributed by atoms with Crippen LogP contribution in [-0.2, 0) is 33.2 Å². The molecule has 7 fully saturated rings. The number of esters is 1. The predicted molar refractivity (Wildman–Crippen MR) is 231 cm³/mol. The molecule has 8 rings (SSSR count). The Morgan fingerprint density at radius 3 is 1.90 bits per heavy atom. The van der Waals surface area contributed by atoms with Crippen molar-refractivity contribution in [1.82, 2.24) is 0 Å². The molecule has 0 aromatic rings. The van der Waals surface area contributed by atoms with Crippen LogP contribution in [0.5, 0.6) is 0 Å². The Bertz CT molecular complexity index is 1820. The van der Waals surface area contributed by atoms with Gasteiger partial charge in [-0.15, -0.1) is 0 Å². The van der Waals surface area contributed by atoms with E-state index < -0.39 is 145 Å². The van der Waals surface area contributed by atoms with Crippen LogP contribution in [0.1, 0.15) is 99.8 Å². The van der Waals surface area contributed by atoms with Gasteiger partial charge in [-0.2, -0.15) is 0 Å². The van der Waals surface area contributed by atoms with Gasteiger partial charge in [0.25, 0.3) is 0 Å². The summed E-state index contributed by atoms with van der Waals surface area (Å²) in [4.78, 5) is 15.2. The Kier molecular flexibility index (Phi) is 14.4. The second-order valence-corrected chi connectivity index (χ2v) is 22.9. The van der Waals surface area contributed by atoms with E-state index >= 15 is 4.79 Å². The minimum absolute atomic E-state index is 0.00795. The summed E-state index contributed by atoms with van der Waals surface area (Å²) < 4.78 is 35.9.